The van der Waals surface area contributed by atoms with Gasteiger partial charge in [-0.3, -0.25) is 0 Å². The predicted octanol–water partition coefficient (Wildman–Crippen LogP) is 6.11. The maximum atomic E-state index is 11.9. The number of rotatable bonds is 1. The fourth-order valence-electron chi connectivity index (χ4n) is 10.7. The average molecular weight is 459 g/mol. The average Bonchev–Trinajstić information content (AvgIpc) is 2.74. The molecule has 0 bridgehead atoms. The zero-order chi connectivity index (χ0) is 24.2. The third-order valence-electron chi connectivity index (χ3n) is 13.2. The van der Waals surface area contributed by atoms with Gasteiger partial charge < -0.3 is 15.3 Å². The molecule has 0 unspecified atom stereocenters. The van der Waals surface area contributed by atoms with Crippen LogP contribution in [0.2, 0.25) is 0 Å². The van der Waals surface area contributed by atoms with Gasteiger partial charge in [0, 0.05) is 12.5 Å². The Morgan fingerprint density at radius 1 is 0.848 bits per heavy atom. The fraction of sp³-hybridized carbons (Fsp3) is 0.933. The van der Waals surface area contributed by atoms with Crippen molar-refractivity contribution in [3.8, 4) is 0 Å². The third-order valence-corrected chi connectivity index (χ3v) is 13.2. The minimum atomic E-state index is -0.415. The molecule has 0 aromatic carbocycles. The molecule has 3 nitrogen and oxygen atoms in total. The van der Waals surface area contributed by atoms with E-state index in [2.05, 4.69) is 54.5 Å². The summed E-state index contributed by atoms with van der Waals surface area (Å²) in [6.07, 6.45) is 11.6. The molecule has 0 heterocycles. The molecule has 0 aromatic heterocycles. The van der Waals surface area contributed by atoms with Crippen molar-refractivity contribution in [1.82, 2.24) is 0 Å². The maximum Gasteiger partial charge on any atom is 0.0762 e. The molecule has 4 saturated carbocycles. The predicted molar refractivity (Wildman–Crippen MR) is 134 cm³/mol. The largest absolute Gasteiger partial charge is 0.396 e. The number of hydrogen-bond acceptors (Lipinski definition) is 3. The zero-order valence-electron chi connectivity index (χ0n) is 22.4. The highest BCUT2D eigenvalue weighted by atomic mass is 16.3. The lowest BCUT2D eigenvalue weighted by Crippen LogP contribution is -2.67. The van der Waals surface area contributed by atoms with E-state index in [-0.39, 0.29) is 45.7 Å². The van der Waals surface area contributed by atoms with Gasteiger partial charge in [-0.25, -0.2) is 0 Å². The summed E-state index contributed by atoms with van der Waals surface area (Å²) in [5.41, 5.74) is 1.93. The maximum absolute atomic E-state index is 11.9. The molecule has 0 aliphatic heterocycles. The number of allylic oxidation sites excluding steroid dienone is 1. The SMILES string of the molecule is CC1(C)[C@@H](O)CC[C@]2(C)[C@H]3[C@@H](O)C=C4[C@@H]5C[C@@](C)(CO)CC[C@]5(C)CC[C@@]4(C)[C@]3(C)CC[C@@H]12. The monoisotopic (exact) mass is 458 g/mol. The van der Waals surface area contributed by atoms with Crippen molar-refractivity contribution in [1.29, 1.82) is 0 Å². The normalized spacial score (nSPS) is 57.8. The lowest BCUT2D eigenvalue weighted by atomic mass is 9.33. The van der Waals surface area contributed by atoms with Crippen molar-refractivity contribution in [2.24, 2.45) is 50.2 Å². The van der Waals surface area contributed by atoms with E-state index >= 15 is 0 Å². The zero-order valence-corrected chi connectivity index (χ0v) is 22.4. The Morgan fingerprint density at radius 3 is 2.18 bits per heavy atom. The van der Waals surface area contributed by atoms with Gasteiger partial charge in [0.1, 0.15) is 0 Å². The van der Waals surface area contributed by atoms with E-state index in [0.29, 0.717) is 17.3 Å². The molecule has 0 radical (unpaired) electrons. The van der Waals surface area contributed by atoms with Crippen LogP contribution < -0.4 is 0 Å². The molecular formula is C30H50O3. The van der Waals surface area contributed by atoms with Crippen molar-refractivity contribution in [3.05, 3.63) is 11.6 Å². The van der Waals surface area contributed by atoms with Crippen molar-refractivity contribution in [2.45, 2.75) is 118 Å². The van der Waals surface area contributed by atoms with E-state index in [4.69, 9.17) is 0 Å². The van der Waals surface area contributed by atoms with Crippen LogP contribution >= 0.6 is 0 Å². The number of aliphatic hydroxyl groups excluding tert-OH is 3. The molecule has 0 saturated heterocycles. The number of fused-ring (bicyclic) bond motifs is 7. The van der Waals surface area contributed by atoms with Gasteiger partial charge in [-0.2, -0.15) is 0 Å². The number of hydrogen-bond donors (Lipinski definition) is 3. The van der Waals surface area contributed by atoms with Crippen molar-refractivity contribution >= 4 is 0 Å². The summed E-state index contributed by atoms with van der Waals surface area (Å²) in [6, 6.07) is 0. The highest BCUT2D eigenvalue weighted by Gasteiger charge is 2.69. The van der Waals surface area contributed by atoms with Crippen LogP contribution in [0.3, 0.4) is 0 Å². The van der Waals surface area contributed by atoms with Gasteiger partial charge in [0.25, 0.3) is 0 Å². The minimum Gasteiger partial charge on any atom is -0.396 e. The van der Waals surface area contributed by atoms with Crippen molar-refractivity contribution in [2.75, 3.05) is 6.61 Å². The van der Waals surface area contributed by atoms with Gasteiger partial charge in [0.2, 0.25) is 0 Å². The highest BCUT2D eigenvalue weighted by Crippen LogP contribution is 2.75. The van der Waals surface area contributed by atoms with E-state index in [1.807, 2.05) is 0 Å². The fourth-order valence-corrected chi connectivity index (χ4v) is 10.7. The second kappa shape index (κ2) is 7.10. The van der Waals surface area contributed by atoms with Gasteiger partial charge >= 0.3 is 0 Å². The second-order valence-electron chi connectivity index (χ2n) is 15.2. The molecule has 4 fully saturated rings. The molecule has 33 heavy (non-hydrogen) atoms. The lowest BCUT2D eigenvalue weighted by Gasteiger charge is -2.72. The summed E-state index contributed by atoms with van der Waals surface area (Å²) in [4.78, 5) is 0. The molecule has 0 aromatic rings. The van der Waals surface area contributed by atoms with Gasteiger partial charge in [-0.05, 0) is 102 Å². The van der Waals surface area contributed by atoms with Gasteiger partial charge in [-0.1, -0.05) is 60.1 Å². The summed E-state index contributed by atoms with van der Waals surface area (Å²) >= 11 is 0. The summed E-state index contributed by atoms with van der Waals surface area (Å²) in [5, 5.41) is 33.0. The Hall–Kier alpha value is -0.380. The molecule has 0 amide bonds. The minimum absolute atomic E-state index is 0.000849. The molecule has 5 aliphatic carbocycles. The Labute approximate surface area is 202 Å². The quantitative estimate of drug-likeness (QED) is 0.415. The van der Waals surface area contributed by atoms with Crippen LogP contribution in [0.4, 0.5) is 0 Å². The van der Waals surface area contributed by atoms with Gasteiger partial charge in [-0.15, -0.1) is 0 Å². The molecular weight excluding hydrogens is 408 g/mol. The molecule has 0 spiro atoms. The van der Waals surface area contributed by atoms with Gasteiger partial charge in [0.15, 0.2) is 0 Å². The van der Waals surface area contributed by atoms with Crippen LogP contribution in [0, 0.1) is 50.2 Å². The van der Waals surface area contributed by atoms with E-state index in [1.165, 1.54) is 24.8 Å². The van der Waals surface area contributed by atoms with E-state index in [1.54, 1.807) is 0 Å². The van der Waals surface area contributed by atoms with Crippen LogP contribution in [-0.2, 0) is 0 Å². The Balaban J connectivity index is 1.61. The van der Waals surface area contributed by atoms with E-state index < -0.39 is 6.10 Å². The van der Waals surface area contributed by atoms with Crippen LogP contribution in [0.15, 0.2) is 11.6 Å². The molecule has 3 heteroatoms. The topological polar surface area (TPSA) is 60.7 Å². The standard InChI is InChI=1S/C30H50O3/c1-25(2)22-8-11-30(7)24(28(22,5)10-9-23(25)33)21(32)16-19-20-17-26(3,18-31)12-13-27(20,4)14-15-29(19,30)6/h16,20-24,31-33H,8-15,17-18H2,1-7H3/t20-,21-,22-,23-,24+,26-,27+,28-,29+,30+/m0/s1. The molecule has 3 N–H and O–H groups in total. The van der Waals surface area contributed by atoms with Crippen LogP contribution in [0.25, 0.3) is 0 Å². The van der Waals surface area contributed by atoms with Crippen molar-refractivity contribution in [3.63, 3.8) is 0 Å². The van der Waals surface area contributed by atoms with E-state index in [9.17, 15) is 15.3 Å². The first-order chi connectivity index (χ1) is 15.2. The van der Waals surface area contributed by atoms with Crippen LogP contribution in [-0.4, -0.2) is 34.1 Å². The smallest absolute Gasteiger partial charge is 0.0762 e. The summed E-state index contributed by atoms with van der Waals surface area (Å²) in [6.45, 7) is 17.1. The highest BCUT2D eigenvalue weighted by molar-refractivity contribution is 5.35. The first kappa shape index (κ1) is 24.3. The molecule has 188 valence electrons. The first-order valence-electron chi connectivity index (χ1n) is 13.9. The third kappa shape index (κ3) is 2.97. The second-order valence-corrected chi connectivity index (χ2v) is 15.2. The summed E-state index contributed by atoms with van der Waals surface area (Å²) < 4.78 is 0. The Bertz CT molecular complexity index is 847. The van der Waals surface area contributed by atoms with E-state index in [0.717, 1.165) is 38.5 Å². The molecule has 10 atom stereocenters. The van der Waals surface area contributed by atoms with Crippen molar-refractivity contribution < 1.29 is 15.3 Å². The van der Waals surface area contributed by atoms with Crippen LogP contribution in [0.1, 0.15) is 106 Å². The molecule has 5 rings (SSSR count). The first-order valence-corrected chi connectivity index (χ1v) is 13.9. The Morgan fingerprint density at radius 2 is 1.52 bits per heavy atom. The number of aliphatic hydroxyl groups is 3. The van der Waals surface area contributed by atoms with Crippen LogP contribution in [0.5, 0.6) is 0 Å². The lowest BCUT2D eigenvalue weighted by molar-refractivity contribution is -0.224. The Kier molecular flexibility index (Phi) is 5.23. The summed E-state index contributed by atoms with van der Waals surface area (Å²) in [7, 11) is 0. The summed E-state index contributed by atoms with van der Waals surface area (Å²) in [5.74, 6) is 1.15. The molecule has 5 aliphatic rings. The van der Waals surface area contributed by atoms with Gasteiger partial charge in [0.05, 0.1) is 12.2 Å².